The van der Waals surface area contributed by atoms with Gasteiger partial charge in [-0.05, 0) is 55.2 Å². The van der Waals surface area contributed by atoms with Gasteiger partial charge < -0.3 is 19.6 Å². The van der Waals surface area contributed by atoms with Crippen molar-refractivity contribution in [3.05, 3.63) is 77.9 Å². The number of ether oxygens (including phenoxy) is 1. The Morgan fingerprint density at radius 3 is 2.94 bits per heavy atom. The lowest BCUT2D eigenvalue weighted by molar-refractivity contribution is -0.0991. The zero-order valence-electron chi connectivity index (χ0n) is 18.7. The largest absolute Gasteiger partial charge is 0.496 e. The molecule has 8 heteroatoms. The Bertz CT molecular complexity index is 1150. The van der Waals surface area contributed by atoms with Crippen LogP contribution in [0.3, 0.4) is 0 Å². The number of oxime groups is 1. The number of fused-ring (bicyclic) bond motifs is 1. The fourth-order valence-corrected chi connectivity index (χ4v) is 4.26. The summed E-state index contributed by atoms with van der Waals surface area (Å²) in [5.41, 5.74) is 3.25. The van der Waals surface area contributed by atoms with Crippen molar-refractivity contribution in [2.75, 3.05) is 20.3 Å². The zero-order valence-corrected chi connectivity index (χ0v) is 18.7. The molecule has 1 fully saturated rings. The van der Waals surface area contributed by atoms with Crippen LogP contribution in [0.5, 0.6) is 5.75 Å². The minimum Gasteiger partial charge on any atom is -0.496 e. The van der Waals surface area contributed by atoms with E-state index in [0.29, 0.717) is 18.0 Å². The highest BCUT2D eigenvalue weighted by atomic mass is 19.1. The Morgan fingerprint density at radius 1 is 1.42 bits per heavy atom. The van der Waals surface area contributed by atoms with Crippen molar-refractivity contribution < 1.29 is 19.1 Å². The summed E-state index contributed by atoms with van der Waals surface area (Å²) in [6, 6.07) is 5.98. The Labute approximate surface area is 192 Å². The number of nitrogens with one attached hydrogen (secondary N) is 1. The smallest absolute Gasteiger partial charge is 0.260 e. The van der Waals surface area contributed by atoms with Gasteiger partial charge >= 0.3 is 0 Å². The van der Waals surface area contributed by atoms with Crippen molar-refractivity contribution in [1.29, 1.82) is 0 Å². The molecule has 0 amide bonds. The maximum absolute atomic E-state index is 13.3. The van der Waals surface area contributed by atoms with Crippen LogP contribution < -0.4 is 4.74 Å². The number of aromatic nitrogens is 2. The summed E-state index contributed by atoms with van der Waals surface area (Å²) in [7, 11) is 1.64. The van der Waals surface area contributed by atoms with Crippen molar-refractivity contribution in [3.63, 3.8) is 0 Å². The first-order valence-corrected chi connectivity index (χ1v) is 10.7. The van der Waals surface area contributed by atoms with Gasteiger partial charge in [-0.1, -0.05) is 30.0 Å². The molecule has 0 saturated carbocycles. The third-order valence-electron chi connectivity index (χ3n) is 5.89. The van der Waals surface area contributed by atoms with E-state index in [1.54, 1.807) is 25.5 Å². The van der Waals surface area contributed by atoms with Gasteiger partial charge in [0.05, 0.1) is 13.3 Å². The maximum Gasteiger partial charge on any atom is 0.260 e. The lowest BCUT2D eigenvalue weighted by Gasteiger charge is -2.39. The predicted molar refractivity (Wildman–Crippen MR) is 126 cm³/mol. The summed E-state index contributed by atoms with van der Waals surface area (Å²) < 4.78 is 18.9. The maximum atomic E-state index is 13.3. The first kappa shape index (κ1) is 22.5. The van der Waals surface area contributed by atoms with Crippen LogP contribution in [0, 0.1) is 0 Å². The van der Waals surface area contributed by atoms with Crippen LogP contribution in [0.1, 0.15) is 25.3 Å². The molecular weight excluding hydrogens is 423 g/mol. The first-order valence-electron chi connectivity index (χ1n) is 10.7. The molecule has 3 heterocycles. The van der Waals surface area contributed by atoms with Gasteiger partial charge in [0.25, 0.3) is 5.72 Å². The van der Waals surface area contributed by atoms with E-state index in [0.717, 1.165) is 40.9 Å². The van der Waals surface area contributed by atoms with Gasteiger partial charge in [0.15, 0.2) is 5.84 Å². The molecule has 2 aromatic rings. The fourth-order valence-electron chi connectivity index (χ4n) is 4.26. The molecule has 1 aromatic heterocycles. The molecule has 172 valence electrons. The van der Waals surface area contributed by atoms with Gasteiger partial charge in [0, 0.05) is 29.4 Å². The SMILES string of the molecule is C=C(F)/C=C\C(=C/C)C1(CO)ON=C2/C(=C/c3ccc(-c4cn[nH]c4)c(OC)c3)CCCN21. The number of allylic oxidation sites excluding steroid dienone is 3. The van der Waals surface area contributed by atoms with Crippen LogP contribution in [0.25, 0.3) is 17.2 Å². The van der Waals surface area contributed by atoms with Crippen LogP contribution in [0.2, 0.25) is 0 Å². The molecule has 4 rings (SSSR count). The van der Waals surface area contributed by atoms with E-state index in [1.165, 1.54) is 6.08 Å². The normalized spacial score (nSPS) is 21.8. The van der Waals surface area contributed by atoms with Crippen molar-refractivity contribution in [3.8, 4) is 16.9 Å². The van der Waals surface area contributed by atoms with E-state index in [4.69, 9.17) is 9.57 Å². The van der Waals surface area contributed by atoms with E-state index >= 15 is 0 Å². The van der Waals surface area contributed by atoms with E-state index in [-0.39, 0.29) is 6.61 Å². The zero-order chi connectivity index (χ0) is 23.4. The molecular formula is C25H27FN4O3. The molecule has 7 nitrogen and oxygen atoms in total. The van der Waals surface area contributed by atoms with Crippen LogP contribution in [-0.4, -0.2) is 52.0 Å². The van der Waals surface area contributed by atoms with Gasteiger partial charge in [-0.15, -0.1) is 0 Å². The molecule has 1 unspecified atom stereocenters. The number of H-pyrrole nitrogens is 1. The molecule has 1 aromatic carbocycles. The second-order valence-corrected chi connectivity index (χ2v) is 7.84. The van der Waals surface area contributed by atoms with Gasteiger partial charge in [0.1, 0.15) is 18.2 Å². The highest BCUT2D eigenvalue weighted by Gasteiger charge is 2.49. The van der Waals surface area contributed by atoms with Gasteiger partial charge in [-0.3, -0.25) is 5.10 Å². The molecule has 2 aliphatic rings. The number of halogens is 1. The van der Waals surface area contributed by atoms with Gasteiger partial charge in [-0.25, -0.2) is 4.39 Å². The second kappa shape index (κ2) is 9.46. The van der Waals surface area contributed by atoms with E-state index in [1.807, 2.05) is 36.2 Å². The minimum atomic E-state index is -1.20. The number of amidine groups is 1. The Morgan fingerprint density at radius 2 is 2.27 bits per heavy atom. The number of hydrogen-bond donors (Lipinski definition) is 2. The van der Waals surface area contributed by atoms with E-state index in [2.05, 4.69) is 28.0 Å². The molecule has 0 radical (unpaired) electrons. The quantitative estimate of drug-likeness (QED) is 0.604. The van der Waals surface area contributed by atoms with E-state index < -0.39 is 11.6 Å². The van der Waals surface area contributed by atoms with Crippen molar-refractivity contribution >= 4 is 11.9 Å². The lowest BCUT2D eigenvalue weighted by atomic mass is 9.94. The van der Waals surface area contributed by atoms with Gasteiger partial charge in [-0.2, -0.15) is 5.10 Å². The second-order valence-electron chi connectivity index (χ2n) is 7.84. The minimum absolute atomic E-state index is 0.330. The average molecular weight is 451 g/mol. The number of hydrogen-bond acceptors (Lipinski definition) is 6. The number of piperidine rings is 1. The number of methoxy groups -OCH3 is 1. The molecule has 0 bridgehead atoms. The summed E-state index contributed by atoms with van der Waals surface area (Å²) >= 11 is 0. The molecule has 0 spiro atoms. The van der Waals surface area contributed by atoms with Crippen LogP contribution >= 0.6 is 0 Å². The standard InChI is InChI=1S/C25H27FN4O3/c1-4-21(9-7-17(2)26)25(16-31)30-11-5-6-19(24(30)29-33-25)12-18-8-10-22(23(13-18)32-3)20-14-27-28-15-20/h4,7-10,12-15,31H,2,5-6,11,16H2,1,3H3,(H,27,28)/b9-7-,19-12+,21-4+. The average Bonchev–Trinajstić information content (AvgIpc) is 3.49. The number of aromatic amines is 1. The Kier molecular flexibility index (Phi) is 6.46. The van der Waals surface area contributed by atoms with Crippen molar-refractivity contribution in [2.45, 2.75) is 25.5 Å². The molecule has 1 saturated heterocycles. The molecule has 1 atom stereocenters. The van der Waals surface area contributed by atoms with Gasteiger partial charge in [0.2, 0.25) is 0 Å². The molecule has 33 heavy (non-hydrogen) atoms. The number of aliphatic hydroxyl groups is 1. The third-order valence-corrected chi connectivity index (χ3v) is 5.89. The first-order chi connectivity index (χ1) is 16.0. The summed E-state index contributed by atoms with van der Waals surface area (Å²) in [5.74, 6) is 0.828. The lowest BCUT2D eigenvalue weighted by Crippen LogP contribution is -2.54. The summed E-state index contributed by atoms with van der Waals surface area (Å²) in [6.45, 7) is 5.40. The van der Waals surface area contributed by atoms with Crippen LogP contribution in [0.15, 0.2) is 77.5 Å². The highest BCUT2D eigenvalue weighted by Crippen LogP contribution is 2.39. The number of benzene rings is 1. The summed E-state index contributed by atoms with van der Waals surface area (Å²) in [4.78, 5) is 7.76. The number of nitrogens with zero attached hydrogens (tertiary/aromatic N) is 3. The number of rotatable bonds is 7. The monoisotopic (exact) mass is 450 g/mol. The molecule has 0 aliphatic carbocycles. The van der Waals surface area contributed by atoms with Crippen molar-refractivity contribution in [2.24, 2.45) is 5.16 Å². The molecule has 2 aliphatic heterocycles. The fraction of sp³-hybridized carbons (Fsp3) is 0.280. The highest BCUT2D eigenvalue weighted by molar-refractivity contribution is 6.03. The van der Waals surface area contributed by atoms with Crippen molar-refractivity contribution in [1.82, 2.24) is 15.1 Å². The van der Waals surface area contributed by atoms with E-state index in [9.17, 15) is 9.50 Å². The summed E-state index contributed by atoms with van der Waals surface area (Å²) in [5, 5.41) is 21.5. The Balaban J connectivity index is 1.66. The third kappa shape index (κ3) is 4.21. The molecule has 2 N–H and O–H groups in total. The van der Waals surface area contributed by atoms with Crippen LogP contribution in [-0.2, 0) is 4.84 Å². The Hall–Kier alpha value is -3.65. The van der Waals surface area contributed by atoms with Crippen LogP contribution in [0.4, 0.5) is 4.39 Å². The predicted octanol–water partition coefficient (Wildman–Crippen LogP) is 4.58. The number of aliphatic hydroxyl groups excluding tert-OH is 1. The summed E-state index contributed by atoms with van der Waals surface area (Å²) in [6.07, 6.45) is 11.9. The topological polar surface area (TPSA) is 83.0 Å².